The van der Waals surface area contributed by atoms with Crippen molar-refractivity contribution in [2.24, 2.45) is 0 Å². The van der Waals surface area contributed by atoms with Crippen molar-refractivity contribution in [2.45, 2.75) is 32.7 Å². The Morgan fingerprint density at radius 3 is 2.78 bits per heavy atom. The fourth-order valence-corrected chi connectivity index (χ4v) is 1.60. The molecule has 1 aromatic rings. The zero-order chi connectivity index (χ0) is 13.7. The van der Waals surface area contributed by atoms with Gasteiger partial charge in [-0.15, -0.1) is 12.3 Å². The Kier molecular flexibility index (Phi) is 4.67. The number of halogens is 1. The van der Waals surface area contributed by atoms with Crippen molar-refractivity contribution in [3.8, 4) is 12.3 Å². The van der Waals surface area contributed by atoms with E-state index in [0.717, 1.165) is 12.5 Å². The van der Waals surface area contributed by atoms with Crippen LogP contribution in [0.1, 0.15) is 25.3 Å². The predicted molar refractivity (Wildman–Crippen MR) is 68.9 cm³/mol. The van der Waals surface area contributed by atoms with E-state index in [1.165, 1.54) is 6.07 Å². The standard InChI is InChI=1S/C13H15FN2O2/c1-4-6-10(5-2)15-12-7-9(3)11(14)8-13(12)16(17)18/h1,7-8,10,15H,5-6H2,2-3H3. The number of benzene rings is 1. The molecule has 0 spiro atoms. The molecule has 1 rings (SSSR count). The molecule has 1 N–H and O–H groups in total. The highest BCUT2D eigenvalue weighted by atomic mass is 19.1. The van der Waals surface area contributed by atoms with E-state index in [1.54, 1.807) is 6.92 Å². The molecule has 0 fully saturated rings. The molecular weight excluding hydrogens is 235 g/mol. The second kappa shape index (κ2) is 6.01. The quantitative estimate of drug-likeness (QED) is 0.495. The third kappa shape index (κ3) is 3.20. The van der Waals surface area contributed by atoms with E-state index in [4.69, 9.17) is 6.42 Å². The number of hydrogen-bond acceptors (Lipinski definition) is 3. The summed E-state index contributed by atoms with van der Waals surface area (Å²) < 4.78 is 13.3. The average molecular weight is 250 g/mol. The predicted octanol–water partition coefficient (Wildman–Crippen LogP) is 3.26. The van der Waals surface area contributed by atoms with Crippen molar-refractivity contribution < 1.29 is 9.31 Å². The molecule has 0 bridgehead atoms. The molecule has 1 atom stereocenters. The van der Waals surface area contributed by atoms with Gasteiger partial charge in [0.05, 0.1) is 11.0 Å². The van der Waals surface area contributed by atoms with Gasteiger partial charge >= 0.3 is 0 Å². The van der Waals surface area contributed by atoms with Crippen molar-refractivity contribution in [1.82, 2.24) is 0 Å². The summed E-state index contributed by atoms with van der Waals surface area (Å²) in [4.78, 5) is 10.3. The molecule has 4 nitrogen and oxygen atoms in total. The number of hydrogen-bond donors (Lipinski definition) is 1. The molecule has 0 saturated heterocycles. The fourth-order valence-electron chi connectivity index (χ4n) is 1.60. The third-order valence-electron chi connectivity index (χ3n) is 2.69. The maximum atomic E-state index is 13.3. The van der Waals surface area contributed by atoms with Crippen LogP contribution in [-0.4, -0.2) is 11.0 Å². The van der Waals surface area contributed by atoms with E-state index in [9.17, 15) is 14.5 Å². The summed E-state index contributed by atoms with van der Waals surface area (Å²) in [5.74, 6) is 1.92. The number of anilines is 1. The highest BCUT2D eigenvalue weighted by molar-refractivity contribution is 5.63. The van der Waals surface area contributed by atoms with Gasteiger partial charge in [-0.25, -0.2) is 4.39 Å². The summed E-state index contributed by atoms with van der Waals surface area (Å²) >= 11 is 0. The first kappa shape index (κ1) is 14.0. The minimum absolute atomic E-state index is 0.0569. The SMILES string of the molecule is C#CCC(CC)Nc1cc(C)c(F)cc1[N+](=O)[O-]. The fraction of sp³-hybridized carbons (Fsp3) is 0.385. The van der Waals surface area contributed by atoms with Gasteiger partial charge in [0.25, 0.3) is 5.69 Å². The van der Waals surface area contributed by atoms with Crippen molar-refractivity contribution in [3.63, 3.8) is 0 Å². The number of rotatable bonds is 5. The van der Waals surface area contributed by atoms with Gasteiger partial charge in [-0.05, 0) is 25.0 Å². The lowest BCUT2D eigenvalue weighted by Gasteiger charge is -2.16. The van der Waals surface area contributed by atoms with E-state index in [-0.39, 0.29) is 11.7 Å². The maximum Gasteiger partial charge on any atom is 0.295 e. The number of nitro benzene ring substituents is 1. The molecule has 5 heteroatoms. The smallest absolute Gasteiger partial charge is 0.295 e. The van der Waals surface area contributed by atoms with Crippen LogP contribution >= 0.6 is 0 Å². The molecule has 1 unspecified atom stereocenters. The zero-order valence-electron chi connectivity index (χ0n) is 10.4. The Hall–Kier alpha value is -2.09. The Balaban J connectivity index is 3.10. The monoisotopic (exact) mass is 250 g/mol. The van der Waals surface area contributed by atoms with Crippen LogP contribution in [0.5, 0.6) is 0 Å². The van der Waals surface area contributed by atoms with Crippen LogP contribution in [0.2, 0.25) is 0 Å². The van der Waals surface area contributed by atoms with Crippen molar-refractivity contribution >= 4 is 11.4 Å². The van der Waals surface area contributed by atoms with Gasteiger partial charge in [-0.1, -0.05) is 6.92 Å². The van der Waals surface area contributed by atoms with Crippen LogP contribution in [0, 0.1) is 35.2 Å². The molecule has 0 radical (unpaired) electrons. The first-order valence-corrected chi connectivity index (χ1v) is 5.64. The summed E-state index contributed by atoms with van der Waals surface area (Å²) in [5.41, 5.74) is 0.397. The number of aryl methyl sites for hydroxylation is 1. The van der Waals surface area contributed by atoms with Crippen molar-refractivity contribution in [3.05, 3.63) is 33.6 Å². The molecule has 1 aromatic carbocycles. The van der Waals surface area contributed by atoms with Crippen molar-refractivity contribution in [2.75, 3.05) is 5.32 Å². The molecular formula is C13H15FN2O2. The highest BCUT2D eigenvalue weighted by Gasteiger charge is 2.18. The molecule has 0 aliphatic rings. The Morgan fingerprint density at radius 2 is 2.28 bits per heavy atom. The van der Waals surface area contributed by atoms with Gasteiger partial charge in [0.15, 0.2) is 0 Å². The third-order valence-corrected chi connectivity index (χ3v) is 2.69. The largest absolute Gasteiger partial charge is 0.376 e. The second-order valence-electron chi connectivity index (χ2n) is 4.03. The highest BCUT2D eigenvalue weighted by Crippen LogP contribution is 2.28. The van der Waals surface area contributed by atoms with E-state index in [0.29, 0.717) is 17.7 Å². The summed E-state index contributed by atoms with van der Waals surface area (Å²) in [5, 5.41) is 13.9. The lowest BCUT2D eigenvalue weighted by atomic mass is 10.1. The van der Waals surface area contributed by atoms with Crippen LogP contribution in [0.3, 0.4) is 0 Å². The van der Waals surface area contributed by atoms with Gasteiger partial charge in [-0.2, -0.15) is 0 Å². The lowest BCUT2D eigenvalue weighted by molar-refractivity contribution is -0.384. The van der Waals surface area contributed by atoms with E-state index in [2.05, 4.69) is 11.2 Å². The van der Waals surface area contributed by atoms with Gasteiger partial charge in [0.1, 0.15) is 11.5 Å². The number of terminal acetylenes is 1. The summed E-state index contributed by atoms with van der Waals surface area (Å²) in [6.45, 7) is 3.49. The van der Waals surface area contributed by atoms with Crippen LogP contribution in [0.25, 0.3) is 0 Å². The molecule has 0 aliphatic carbocycles. The Labute approximate surface area is 105 Å². The van der Waals surface area contributed by atoms with E-state index in [1.807, 2.05) is 6.92 Å². The molecule has 0 saturated carbocycles. The lowest BCUT2D eigenvalue weighted by Crippen LogP contribution is -2.18. The maximum absolute atomic E-state index is 13.3. The second-order valence-corrected chi connectivity index (χ2v) is 4.03. The van der Waals surface area contributed by atoms with Crippen LogP contribution in [0.4, 0.5) is 15.8 Å². The Bertz CT molecular complexity index is 494. The van der Waals surface area contributed by atoms with Crippen LogP contribution < -0.4 is 5.32 Å². The van der Waals surface area contributed by atoms with E-state index < -0.39 is 10.7 Å². The van der Waals surface area contributed by atoms with Gasteiger partial charge < -0.3 is 5.32 Å². The van der Waals surface area contributed by atoms with Gasteiger partial charge in [0.2, 0.25) is 0 Å². The number of nitrogens with zero attached hydrogens (tertiary/aromatic N) is 1. The minimum Gasteiger partial charge on any atom is -0.376 e. The molecule has 0 heterocycles. The molecule has 18 heavy (non-hydrogen) atoms. The van der Waals surface area contributed by atoms with Gasteiger partial charge in [-0.3, -0.25) is 10.1 Å². The van der Waals surface area contributed by atoms with Crippen LogP contribution in [-0.2, 0) is 0 Å². The van der Waals surface area contributed by atoms with E-state index >= 15 is 0 Å². The van der Waals surface area contributed by atoms with Gasteiger partial charge in [0, 0.05) is 12.5 Å². The minimum atomic E-state index is -0.604. The molecule has 0 aromatic heterocycles. The summed E-state index contributed by atoms with van der Waals surface area (Å²) in [6, 6.07) is 2.31. The normalized spacial score (nSPS) is 11.7. The molecule has 96 valence electrons. The summed E-state index contributed by atoms with van der Waals surface area (Å²) in [7, 11) is 0. The summed E-state index contributed by atoms with van der Waals surface area (Å²) in [6.07, 6.45) is 6.42. The first-order chi connectivity index (χ1) is 8.49. The average Bonchev–Trinajstić information content (AvgIpc) is 2.32. The van der Waals surface area contributed by atoms with Crippen molar-refractivity contribution in [1.29, 1.82) is 0 Å². The topological polar surface area (TPSA) is 55.2 Å². The zero-order valence-corrected chi connectivity index (χ0v) is 10.4. The van der Waals surface area contributed by atoms with Crippen LogP contribution in [0.15, 0.2) is 12.1 Å². The number of nitrogens with one attached hydrogen (secondary N) is 1. The first-order valence-electron chi connectivity index (χ1n) is 5.64. The molecule has 0 aliphatic heterocycles. The molecule has 0 amide bonds. The Morgan fingerprint density at radius 1 is 1.61 bits per heavy atom. The number of nitro groups is 1.